The minimum absolute atomic E-state index is 0.341. The Bertz CT molecular complexity index is 1390. The molecule has 1 N–H and O–H groups in total. The topological polar surface area (TPSA) is 51.2 Å². The molecule has 0 aliphatic rings. The van der Waals surface area contributed by atoms with Crippen LogP contribution in [0.3, 0.4) is 0 Å². The number of carbonyl (C=O) groups excluding carboxylic acids is 1. The number of hydrogen-bond donors (Lipinski definition) is 1. The smallest absolute Gasteiger partial charge is 0.416 e. The van der Waals surface area contributed by atoms with Crippen LogP contribution in [0.25, 0.3) is 16.3 Å². The average molecular weight is 474 g/mol. The maximum Gasteiger partial charge on any atom is 0.416 e. The van der Waals surface area contributed by atoms with Gasteiger partial charge >= 0.3 is 6.18 Å². The summed E-state index contributed by atoms with van der Waals surface area (Å²) in [6, 6.07) is 19.4. The van der Waals surface area contributed by atoms with Gasteiger partial charge in [-0.25, -0.2) is 0 Å². The summed E-state index contributed by atoms with van der Waals surface area (Å²) in [5.74, 6) is 0.313. The van der Waals surface area contributed by atoms with Crippen LogP contribution in [0, 0.1) is 0 Å². The predicted molar refractivity (Wildman–Crippen MR) is 131 cm³/mol. The molecule has 1 aromatic heterocycles. The fourth-order valence-corrected chi connectivity index (χ4v) is 3.61. The second kappa shape index (κ2) is 10.3. The molecule has 0 radical (unpaired) electrons. The van der Waals surface area contributed by atoms with Crippen molar-refractivity contribution in [3.8, 4) is 5.75 Å². The van der Waals surface area contributed by atoms with Crippen molar-refractivity contribution in [3.63, 3.8) is 0 Å². The van der Waals surface area contributed by atoms with Crippen molar-refractivity contribution < 1.29 is 22.7 Å². The number of rotatable bonds is 6. The number of aromatic nitrogens is 1. The molecule has 1 amide bonds. The highest BCUT2D eigenvalue weighted by molar-refractivity contribution is 6.06. The van der Waals surface area contributed by atoms with Crippen molar-refractivity contribution >= 4 is 27.9 Å². The second-order valence-corrected chi connectivity index (χ2v) is 7.63. The molecule has 35 heavy (non-hydrogen) atoms. The Morgan fingerprint density at radius 1 is 0.943 bits per heavy atom. The van der Waals surface area contributed by atoms with Crippen molar-refractivity contribution in [1.82, 2.24) is 4.98 Å². The first-order valence-corrected chi connectivity index (χ1v) is 10.7. The molecule has 0 fully saturated rings. The van der Waals surface area contributed by atoms with Crippen LogP contribution in [0.2, 0.25) is 0 Å². The van der Waals surface area contributed by atoms with Crippen molar-refractivity contribution in [2.24, 2.45) is 0 Å². The number of hydrogen-bond acceptors (Lipinski definition) is 3. The zero-order valence-corrected chi connectivity index (χ0v) is 18.7. The van der Waals surface area contributed by atoms with Gasteiger partial charge in [0.1, 0.15) is 5.75 Å². The molecular weight excluding hydrogens is 453 g/mol. The van der Waals surface area contributed by atoms with Gasteiger partial charge in [0.25, 0.3) is 0 Å². The second-order valence-electron chi connectivity index (χ2n) is 7.63. The lowest BCUT2D eigenvalue weighted by molar-refractivity contribution is -0.137. The van der Waals surface area contributed by atoms with Crippen LogP contribution < -0.4 is 10.1 Å². The van der Waals surface area contributed by atoms with E-state index < -0.39 is 11.7 Å². The van der Waals surface area contributed by atoms with E-state index in [1.54, 1.807) is 62.0 Å². The molecule has 0 atom stereocenters. The number of nitrogens with one attached hydrogen (secondary N) is 1. The summed E-state index contributed by atoms with van der Waals surface area (Å²) < 4.78 is 44.2. The van der Waals surface area contributed by atoms with Crippen molar-refractivity contribution in [1.29, 1.82) is 0 Å². The van der Waals surface area contributed by atoms with E-state index in [0.29, 0.717) is 22.6 Å². The number of methoxy groups -OCH3 is 1. The van der Waals surface area contributed by atoms with E-state index in [1.807, 2.05) is 18.2 Å². The predicted octanol–water partition coefficient (Wildman–Crippen LogP) is 6.89. The maximum atomic E-state index is 13.0. The first-order chi connectivity index (χ1) is 16.8. The number of ether oxygens (including phenoxy) is 1. The Hall–Kier alpha value is -4.39. The third-order valence-corrected chi connectivity index (χ3v) is 5.37. The van der Waals surface area contributed by atoms with Gasteiger partial charge in [0.2, 0.25) is 5.91 Å². The first-order valence-electron chi connectivity index (χ1n) is 10.7. The highest BCUT2D eigenvalue weighted by Gasteiger charge is 2.30. The molecule has 4 aromatic rings. The standard InChI is InChI=1S/C28H21F3N2O2/c1-35-23-14-10-20(11-15-23)24(19-8-12-22(13-9-19)28(29,30)31)5-3-7-27(34)33-26-6-2-4-21-18-32-17-16-25(21)26/h2-18H,1H3,(H,33,34)/b7-3+,24-5+. The summed E-state index contributed by atoms with van der Waals surface area (Å²) in [6.07, 6.45) is 3.58. The summed E-state index contributed by atoms with van der Waals surface area (Å²) in [6.45, 7) is 0. The molecule has 176 valence electrons. The Kier molecular flexibility index (Phi) is 6.96. The zero-order valence-electron chi connectivity index (χ0n) is 18.7. The van der Waals surface area contributed by atoms with E-state index in [4.69, 9.17) is 4.74 Å². The first kappa shape index (κ1) is 23.8. The molecule has 4 rings (SSSR count). The summed E-state index contributed by atoms with van der Waals surface area (Å²) in [5.41, 5.74) is 1.92. The largest absolute Gasteiger partial charge is 0.497 e. The molecule has 4 nitrogen and oxygen atoms in total. The van der Waals surface area contributed by atoms with E-state index in [0.717, 1.165) is 28.5 Å². The Morgan fingerprint density at radius 3 is 2.29 bits per heavy atom. The Balaban J connectivity index is 1.61. The summed E-state index contributed by atoms with van der Waals surface area (Å²) in [5, 5.41) is 4.62. The SMILES string of the molecule is COc1ccc(/C(=C/C=C/C(=O)Nc2cccc3cnccc23)c2ccc(C(F)(F)F)cc2)cc1. The number of fused-ring (bicyclic) bond motifs is 1. The van der Waals surface area contributed by atoms with Gasteiger partial charge in [-0.1, -0.05) is 48.6 Å². The molecule has 0 bridgehead atoms. The summed E-state index contributed by atoms with van der Waals surface area (Å²) >= 11 is 0. The van der Waals surface area contributed by atoms with Gasteiger partial charge in [-0.05, 0) is 53.1 Å². The van der Waals surface area contributed by atoms with Crippen LogP contribution in [0.1, 0.15) is 16.7 Å². The third-order valence-electron chi connectivity index (χ3n) is 5.37. The van der Waals surface area contributed by atoms with E-state index in [2.05, 4.69) is 10.3 Å². The van der Waals surface area contributed by atoms with Gasteiger partial charge in [0.05, 0.1) is 12.7 Å². The third kappa shape index (κ3) is 5.76. The molecule has 3 aromatic carbocycles. The maximum absolute atomic E-state index is 13.0. The van der Waals surface area contributed by atoms with Crippen LogP contribution in [0.5, 0.6) is 5.75 Å². The summed E-state index contributed by atoms with van der Waals surface area (Å²) in [7, 11) is 1.55. The molecule has 0 unspecified atom stereocenters. The summed E-state index contributed by atoms with van der Waals surface area (Å²) in [4.78, 5) is 16.6. The number of anilines is 1. The van der Waals surface area contributed by atoms with Gasteiger partial charge in [-0.15, -0.1) is 0 Å². The molecule has 0 spiro atoms. The lowest BCUT2D eigenvalue weighted by Gasteiger charge is -2.11. The van der Waals surface area contributed by atoms with Crippen LogP contribution in [-0.2, 0) is 11.0 Å². The number of halogens is 3. The molecular formula is C28H21F3N2O2. The molecule has 0 aliphatic carbocycles. The van der Waals surface area contributed by atoms with Crippen LogP contribution in [0.4, 0.5) is 18.9 Å². The van der Waals surface area contributed by atoms with Crippen molar-refractivity contribution in [3.05, 3.63) is 120 Å². The van der Waals surface area contributed by atoms with Crippen LogP contribution in [-0.4, -0.2) is 18.0 Å². The number of allylic oxidation sites excluding steroid dienone is 2. The van der Waals surface area contributed by atoms with E-state index >= 15 is 0 Å². The molecule has 0 saturated carbocycles. The molecule has 0 saturated heterocycles. The number of amides is 1. The van der Waals surface area contributed by atoms with Crippen LogP contribution >= 0.6 is 0 Å². The quantitative estimate of drug-likeness (QED) is 0.245. The minimum Gasteiger partial charge on any atom is -0.497 e. The Morgan fingerprint density at radius 2 is 1.63 bits per heavy atom. The highest BCUT2D eigenvalue weighted by Crippen LogP contribution is 2.32. The number of nitrogens with zero attached hydrogens (tertiary/aromatic N) is 1. The van der Waals surface area contributed by atoms with Gasteiger partial charge in [0.15, 0.2) is 0 Å². The minimum atomic E-state index is -4.42. The Labute approximate surface area is 200 Å². The molecule has 7 heteroatoms. The number of pyridine rings is 1. The number of benzene rings is 3. The number of carbonyl (C=O) groups is 1. The van der Waals surface area contributed by atoms with Gasteiger partial charge in [0, 0.05) is 34.9 Å². The van der Waals surface area contributed by atoms with E-state index in [1.165, 1.54) is 18.2 Å². The molecule has 0 aliphatic heterocycles. The lowest BCUT2D eigenvalue weighted by atomic mass is 9.96. The monoisotopic (exact) mass is 474 g/mol. The molecule has 1 heterocycles. The normalized spacial score (nSPS) is 12.2. The zero-order chi connectivity index (χ0) is 24.8. The highest BCUT2D eigenvalue weighted by atomic mass is 19.4. The van der Waals surface area contributed by atoms with E-state index in [-0.39, 0.29) is 5.91 Å². The lowest BCUT2D eigenvalue weighted by Crippen LogP contribution is -2.08. The van der Waals surface area contributed by atoms with Crippen molar-refractivity contribution in [2.45, 2.75) is 6.18 Å². The van der Waals surface area contributed by atoms with Crippen LogP contribution in [0.15, 0.2) is 103 Å². The average Bonchev–Trinajstić information content (AvgIpc) is 2.87. The fraction of sp³-hybridized carbons (Fsp3) is 0.0714. The van der Waals surface area contributed by atoms with Crippen molar-refractivity contribution in [2.75, 3.05) is 12.4 Å². The number of alkyl halides is 3. The van der Waals surface area contributed by atoms with Gasteiger partial charge in [-0.3, -0.25) is 9.78 Å². The van der Waals surface area contributed by atoms with E-state index in [9.17, 15) is 18.0 Å². The van der Waals surface area contributed by atoms with Gasteiger partial charge in [-0.2, -0.15) is 13.2 Å². The van der Waals surface area contributed by atoms with Gasteiger partial charge < -0.3 is 10.1 Å². The fourth-order valence-electron chi connectivity index (χ4n) is 3.61.